The van der Waals surface area contributed by atoms with Crippen LogP contribution in [-0.2, 0) is 0 Å². The van der Waals surface area contributed by atoms with Gasteiger partial charge in [-0.1, -0.05) is 12.1 Å². The van der Waals surface area contributed by atoms with Gasteiger partial charge in [0.05, 0.1) is 13.2 Å². The van der Waals surface area contributed by atoms with Crippen LogP contribution in [0.15, 0.2) is 18.2 Å². The van der Waals surface area contributed by atoms with Gasteiger partial charge in [-0.2, -0.15) is 0 Å². The lowest BCUT2D eigenvalue weighted by molar-refractivity contribution is 0.147. The van der Waals surface area contributed by atoms with Crippen molar-refractivity contribution in [3.8, 4) is 5.75 Å². The number of methoxy groups -OCH3 is 1. The molecule has 1 aliphatic heterocycles. The lowest BCUT2D eigenvalue weighted by Gasteiger charge is -2.33. The number of hydrogen-bond acceptors (Lipinski definition) is 3. The zero-order chi connectivity index (χ0) is 13.0. The molecule has 0 radical (unpaired) electrons. The summed E-state index contributed by atoms with van der Waals surface area (Å²) in [6.45, 7) is 5.29. The predicted molar refractivity (Wildman–Crippen MR) is 78.1 cm³/mol. The first kappa shape index (κ1) is 16.2. The lowest BCUT2D eigenvalue weighted by atomic mass is 10.0. The fraction of sp³-hybridized carbons (Fsp3) is 0.571. The average molecular weight is 289 g/mol. The number of alkyl halides is 1. The van der Waals surface area contributed by atoms with Gasteiger partial charge in [0.2, 0.25) is 0 Å². The van der Waals surface area contributed by atoms with E-state index >= 15 is 0 Å². The molecule has 1 atom stereocenters. The second-order valence-electron chi connectivity index (χ2n) is 4.69. The highest BCUT2D eigenvalue weighted by molar-refractivity contribution is 5.85. The third-order valence-electron chi connectivity index (χ3n) is 3.56. The van der Waals surface area contributed by atoms with Crippen molar-refractivity contribution in [3.05, 3.63) is 29.3 Å². The van der Waals surface area contributed by atoms with Crippen molar-refractivity contribution in [3.63, 3.8) is 0 Å². The fourth-order valence-electron chi connectivity index (χ4n) is 2.44. The molecule has 1 aromatic rings. The van der Waals surface area contributed by atoms with Crippen molar-refractivity contribution in [2.45, 2.75) is 13.0 Å². The Hall–Kier alpha value is -0.840. The third-order valence-corrected chi connectivity index (χ3v) is 3.56. The van der Waals surface area contributed by atoms with Gasteiger partial charge in [0.15, 0.2) is 0 Å². The van der Waals surface area contributed by atoms with Crippen LogP contribution in [0.5, 0.6) is 5.75 Å². The van der Waals surface area contributed by atoms with Crippen LogP contribution in [0, 0.1) is 6.92 Å². The van der Waals surface area contributed by atoms with E-state index in [9.17, 15) is 4.39 Å². The number of nitrogens with one attached hydrogen (secondary N) is 1. The Bertz CT molecular complexity index is 397. The fourth-order valence-corrected chi connectivity index (χ4v) is 2.44. The van der Waals surface area contributed by atoms with Gasteiger partial charge in [-0.15, -0.1) is 12.4 Å². The molecule has 19 heavy (non-hydrogen) atoms. The van der Waals surface area contributed by atoms with Gasteiger partial charge in [-0.05, 0) is 24.1 Å². The Balaban J connectivity index is 0.00000180. The van der Waals surface area contributed by atoms with Crippen molar-refractivity contribution >= 4 is 12.4 Å². The van der Waals surface area contributed by atoms with Gasteiger partial charge in [0.1, 0.15) is 12.4 Å². The molecule has 108 valence electrons. The zero-order valence-corrected chi connectivity index (χ0v) is 12.3. The topological polar surface area (TPSA) is 24.5 Å². The normalized spacial score (nSPS) is 17.6. The smallest absolute Gasteiger partial charge is 0.122 e. The molecular formula is C14H22ClFN2O. The Labute approximate surface area is 120 Å². The Kier molecular flexibility index (Phi) is 6.55. The van der Waals surface area contributed by atoms with Crippen molar-refractivity contribution in [2.75, 3.05) is 40.0 Å². The van der Waals surface area contributed by atoms with Gasteiger partial charge in [0, 0.05) is 26.2 Å². The molecule has 1 aromatic carbocycles. The minimum absolute atomic E-state index is 0. The van der Waals surface area contributed by atoms with Crippen molar-refractivity contribution in [1.29, 1.82) is 0 Å². The highest BCUT2D eigenvalue weighted by Crippen LogP contribution is 2.27. The van der Waals surface area contributed by atoms with Crippen LogP contribution in [0.1, 0.15) is 17.2 Å². The maximum atomic E-state index is 13.4. The molecule has 1 N–H and O–H groups in total. The molecule has 0 amide bonds. The number of halogens is 2. The minimum atomic E-state index is -0.355. The quantitative estimate of drug-likeness (QED) is 0.920. The van der Waals surface area contributed by atoms with E-state index in [0.717, 1.165) is 43.1 Å². The first-order chi connectivity index (χ1) is 8.76. The van der Waals surface area contributed by atoms with E-state index in [1.807, 2.05) is 25.1 Å². The van der Waals surface area contributed by atoms with Crippen molar-refractivity contribution < 1.29 is 9.13 Å². The Morgan fingerprint density at radius 3 is 2.63 bits per heavy atom. The summed E-state index contributed by atoms with van der Waals surface area (Å²) in [6, 6.07) is 5.81. The summed E-state index contributed by atoms with van der Waals surface area (Å²) in [6.07, 6.45) is 0. The highest BCUT2D eigenvalue weighted by atomic mass is 35.5. The summed E-state index contributed by atoms with van der Waals surface area (Å²) in [4.78, 5) is 2.20. The molecule has 0 bridgehead atoms. The van der Waals surface area contributed by atoms with Crippen LogP contribution in [0.4, 0.5) is 4.39 Å². The molecular weight excluding hydrogens is 267 g/mol. The molecule has 3 nitrogen and oxygen atoms in total. The second-order valence-corrected chi connectivity index (χ2v) is 4.69. The van der Waals surface area contributed by atoms with Gasteiger partial charge in [0.25, 0.3) is 0 Å². The SMILES string of the molecule is COc1cc([C@H](CF)N2CCNCC2)ccc1C.Cl. The van der Waals surface area contributed by atoms with Crippen LogP contribution in [0.25, 0.3) is 0 Å². The van der Waals surface area contributed by atoms with Gasteiger partial charge < -0.3 is 10.1 Å². The Morgan fingerprint density at radius 1 is 1.37 bits per heavy atom. The van der Waals surface area contributed by atoms with E-state index in [4.69, 9.17) is 4.74 Å². The summed E-state index contributed by atoms with van der Waals surface area (Å²) >= 11 is 0. The standard InChI is InChI=1S/C14H21FN2O.ClH/c1-11-3-4-12(9-14(11)18-2)13(10-15)17-7-5-16-6-8-17;/h3-4,9,13,16H,5-8,10H2,1-2H3;1H/t13-;/m0./s1. The lowest BCUT2D eigenvalue weighted by Crippen LogP contribution is -2.45. The van der Waals surface area contributed by atoms with Crippen molar-refractivity contribution in [1.82, 2.24) is 10.2 Å². The third kappa shape index (κ3) is 3.81. The van der Waals surface area contributed by atoms with Crippen LogP contribution in [-0.4, -0.2) is 44.9 Å². The maximum Gasteiger partial charge on any atom is 0.122 e. The Morgan fingerprint density at radius 2 is 2.05 bits per heavy atom. The molecule has 0 saturated carbocycles. The molecule has 0 spiro atoms. The minimum Gasteiger partial charge on any atom is -0.496 e. The molecule has 1 fully saturated rings. The molecule has 1 aliphatic rings. The number of aryl methyl sites for hydroxylation is 1. The maximum absolute atomic E-state index is 13.4. The molecule has 1 heterocycles. The van der Waals surface area contributed by atoms with E-state index in [2.05, 4.69) is 10.2 Å². The van der Waals surface area contributed by atoms with E-state index in [0.29, 0.717) is 0 Å². The van der Waals surface area contributed by atoms with E-state index < -0.39 is 0 Å². The van der Waals surface area contributed by atoms with E-state index in [1.165, 1.54) is 0 Å². The highest BCUT2D eigenvalue weighted by Gasteiger charge is 2.22. The number of ether oxygens (including phenoxy) is 1. The molecule has 0 unspecified atom stereocenters. The van der Waals surface area contributed by atoms with Crippen LogP contribution in [0.3, 0.4) is 0 Å². The summed E-state index contributed by atoms with van der Waals surface area (Å²) < 4.78 is 18.7. The molecule has 2 rings (SSSR count). The number of hydrogen-bond donors (Lipinski definition) is 1. The zero-order valence-electron chi connectivity index (χ0n) is 11.5. The monoisotopic (exact) mass is 288 g/mol. The molecule has 1 saturated heterocycles. The summed E-state index contributed by atoms with van der Waals surface area (Å²) in [5.41, 5.74) is 2.08. The van der Waals surface area contributed by atoms with Crippen LogP contribution >= 0.6 is 12.4 Å². The molecule has 5 heteroatoms. The first-order valence-electron chi connectivity index (χ1n) is 6.41. The predicted octanol–water partition coefficient (Wildman–Crippen LogP) is 2.34. The number of benzene rings is 1. The van der Waals surface area contributed by atoms with Crippen molar-refractivity contribution in [2.24, 2.45) is 0 Å². The van der Waals surface area contributed by atoms with Gasteiger partial charge in [-0.25, -0.2) is 4.39 Å². The molecule has 0 aliphatic carbocycles. The molecule has 0 aromatic heterocycles. The first-order valence-corrected chi connectivity index (χ1v) is 6.41. The number of piperazine rings is 1. The summed E-state index contributed by atoms with van der Waals surface area (Å²) in [7, 11) is 1.65. The van der Waals surface area contributed by atoms with Gasteiger partial charge in [-0.3, -0.25) is 4.90 Å². The van der Waals surface area contributed by atoms with Gasteiger partial charge >= 0.3 is 0 Å². The second kappa shape index (κ2) is 7.68. The average Bonchev–Trinajstić information content (AvgIpc) is 2.42. The van der Waals surface area contributed by atoms with Crippen LogP contribution in [0.2, 0.25) is 0 Å². The summed E-state index contributed by atoms with van der Waals surface area (Å²) in [5, 5.41) is 3.29. The number of nitrogens with zero attached hydrogens (tertiary/aromatic N) is 1. The van der Waals surface area contributed by atoms with E-state index in [-0.39, 0.29) is 25.1 Å². The van der Waals surface area contributed by atoms with E-state index in [1.54, 1.807) is 7.11 Å². The van der Waals surface area contributed by atoms with Crippen LogP contribution < -0.4 is 10.1 Å². The number of rotatable bonds is 4. The summed E-state index contributed by atoms with van der Waals surface area (Å²) in [5.74, 6) is 0.834. The largest absolute Gasteiger partial charge is 0.496 e.